The van der Waals surface area contributed by atoms with Crippen molar-refractivity contribution in [2.24, 2.45) is 0 Å². The predicted molar refractivity (Wildman–Crippen MR) is 45.8 cm³/mol. The highest BCUT2D eigenvalue weighted by atomic mass is 16.6. The first kappa shape index (κ1) is 7.60. The van der Waals surface area contributed by atoms with Crippen LogP contribution < -0.4 is 0 Å². The lowest BCUT2D eigenvalue weighted by atomic mass is 10.2. The summed E-state index contributed by atoms with van der Waals surface area (Å²) in [6.07, 6.45) is 1.44. The molecule has 1 heterocycles. The normalized spacial score (nSPS) is 10.5. The van der Waals surface area contributed by atoms with Crippen LogP contribution in [0.25, 0.3) is 10.9 Å². The van der Waals surface area contributed by atoms with Gasteiger partial charge in [-0.05, 0) is 12.1 Å². The van der Waals surface area contributed by atoms with Gasteiger partial charge in [-0.2, -0.15) is 4.73 Å². The molecule has 0 saturated carbocycles. The number of hydrogen-bond donors (Lipinski definition) is 1. The number of aromatic nitrogens is 1. The molecule has 0 spiro atoms. The lowest BCUT2D eigenvalue weighted by Gasteiger charge is -1.94. The Kier molecular flexibility index (Phi) is 1.45. The van der Waals surface area contributed by atoms with Crippen molar-refractivity contribution in [3.63, 3.8) is 0 Å². The molecule has 66 valence electrons. The van der Waals surface area contributed by atoms with E-state index in [2.05, 4.69) is 0 Å². The van der Waals surface area contributed by atoms with Crippen LogP contribution in [0, 0.1) is 10.1 Å². The molecular formula is C8H6N2O3. The van der Waals surface area contributed by atoms with Gasteiger partial charge in [0, 0.05) is 23.7 Å². The lowest BCUT2D eigenvalue weighted by Crippen LogP contribution is -1.90. The Morgan fingerprint density at radius 2 is 2.15 bits per heavy atom. The molecule has 5 nitrogen and oxygen atoms in total. The summed E-state index contributed by atoms with van der Waals surface area (Å²) in [5.41, 5.74) is 0.413. The largest absolute Gasteiger partial charge is 0.428 e. The summed E-state index contributed by atoms with van der Waals surface area (Å²) < 4.78 is 0.863. The van der Waals surface area contributed by atoms with Gasteiger partial charge in [-0.25, -0.2) is 0 Å². The van der Waals surface area contributed by atoms with Crippen LogP contribution in [0.1, 0.15) is 0 Å². The van der Waals surface area contributed by atoms with Gasteiger partial charge in [0.15, 0.2) is 0 Å². The maximum atomic E-state index is 10.4. The monoisotopic (exact) mass is 178 g/mol. The molecule has 0 amide bonds. The van der Waals surface area contributed by atoms with Crippen molar-refractivity contribution in [1.29, 1.82) is 0 Å². The van der Waals surface area contributed by atoms with Crippen LogP contribution in [-0.2, 0) is 0 Å². The van der Waals surface area contributed by atoms with Gasteiger partial charge in [-0.1, -0.05) is 0 Å². The molecule has 1 N–H and O–H groups in total. The summed E-state index contributed by atoms with van der Waals surface area (Å²) in [7, 11) is 0. The van der Waals surface area contributed by atoms with Crippen LogP contribution in [0.15, 0.2) is 30.5 Å². The van der Waals surface area contributed by atoms with Crippen molar-refractivity contribution in [1.82, 2.24) is 4.73 Å². The first-order valence-electron chi connectivity index (χ1n) is 3.63. The molecule has 2 aromatic rings. The van der Waals surface area contributed by atoms with Crippen molar-refractivity contribution in [3.8, 4) is 0 Å². The highest BCUT2D eigenvalue weighted by Crippen LogP contribution is 2.20. The molecule has 0 aliphatic carbocycles. The summed E-state index contributed by atoms with van der Waals surface area (Å²) in [6.45, 7) is 0. The number of nitro groups is 1. The molecule has 2 rings (SSSR count). The van der Waals surface area contributed by atoms with Gasteiger partial charge in [-0.15, -0.1) is 0 Å². The Labute approximate surface area is 72.9 Å². The SMILES string of the molecule is O=[N+]([O-])c1ccc2ccn(O)c2c1. The summed E-state index contributed by atoms with van der Waals surface area (Å²) >= 11 is 0. The predicted octanol–water partition coefficient (Wildman–Crippen LogP) is 1.79. The second-order valence-corrected chi connectivity index (χ2v) is 2.66. The fourth-order valence-corrected chi connectivity index (χ4v) is 1.22. The van der Waals surface area contributed by atoms with Crippen LogP contribution in [0.3, 0.4) is 0 Å². The van der Waals surface area contributed by atoms with Crippen molar-refractivity contribution in [3.05, 3.63) is 40.6 Å². The Bertz CT molecular complexity index is 475. The van der Waals surface area contributed by atoms with Crippen molar-refractivity contribution < 1.29 is 10.1 Å². The van der Waals surface area contributed by atoms with Crippen LogP contribution in [0.2, 0.25) is 0 Å². The molecule has 0 radical (unpaired) electrons. The van der Waals surface area contributed by atoms with Gasteiger partial charge in [0.25, 0.3) is 5.69 Å². The van der Waals surface area contributed by atoms with Gasteiger partial charge in [-0.3, -0.25) is 10.1 Å². The first-order chi connectivity index (χ1) is 6.18. The average Bonchev–Trinajstić information content (AvgIpc) is 2.47. The number of rotatable bonds is 1. The fourth-order valence-electron chi connectivity index (χ4n) is 1.22. The van der Waals surface area contributed by atoms with E-state index in [4.69, 9.17) is 0 Å². The number of nitro benzene ring substituents is 1. The smallest absolute Gasteiger partial charge is 0.271 e. The van der Waals surface area contributed by atoms with Crippen LogP contribution in [0.5, 0.6) is 0 Å². The summed E-state index contributed by atoms with van der Waals surface area (Å²) in [5, 5.41) is 20.4. The molecule has 1 aromatic carbocycles. The summed E-state index contributed by atoms with van der Waals surface area (Å²) in [6, 6.07) is 6.01. The van der Waals surface area contributed by atoms with Crippen LogP contribution in [-0.4, -0.2) is 14.9 Å². The first-order valence-corrected chi connectivity index (χ1v) is 3.63. The molecular weight excluding hydrogens is 172 g/mol. The van der Waals surface area contributed by atoms with Gasteiger partial charge in [0.05, 0.1) is 10.4 Å². The number of fused-ring (bicyclic) bond motifs is 1. The van der Waals surface area contributed by atoms with E-state index >= 15 is 0 Å². The zero-order valence-corrected chi connectivity index (χ0v) is 6.54. The van der Waals surface area contributed by atoms with Crippen LogP contribution in [0.4, 0.5) is 5.69 Å². The lowest BCUT2D eigenvalue weighted by molar-refractivity contribution is -0.384. The molecule has 0 aliphatic heterocycles. The molecule has 0 bridgehead atoms. The molecule has 13 heavy (non-hydrogen) atoms. The van der Waals surface area contributed by atoms with Crippen molar-refractivity contribution >= 4 is 16.6 Å². The minimum absolute atomic E-state index is 0.0264. The topological polar surface area (TPSA) is 68.3 Å². The number of hydrogen-bond acceptors (Lipinski definition) is 3. The van der Waals surface area contributed by atoms with E-state index < -0.39 is 4.92 Å². The minimum atomic E-state index is -0.494. The molecule has 0 aliphatic rings. The maximum absolute atomic E-state index is 10.4. The standard InChI is InChI=1S/C8H6N2O3/c11-9-4-3-6-1-2-7(10(12)13)5-8(6)9/h1-5,11H. The third-order valence-corrected chi connectivity index (χ3v) is 1.87. The maximum Gasteiger partial charge on any atom is 0.271 e. The third-order valence-electron chi connectivity index (χ3n) is 1.87. The molecule has 0 saturated heterocycles. The highest BCUT2D eigenvalue weighted by Gasteiger charge is 2.08. The average molecular weight is 178 g/mol. The van der Waals surface area contributed by atoms with Gasteiger partial charge in [0.1, 0.15) is 0 Å². The summed E-state index contributed by atoms with van der Waals surface area (Å²) in [4.78, 5) is 9.90. The fraction of sp³-hybridized carbons (Fsp3) is 0. The summed E-state index contributed by atoms with van der Waals surface area (Å²) in [5.74, 6) is 0. The zero-order valence-electron chi connectivity index (χ0n) is 6.54. The molecule has 0 atom stereocenters. The van der Waals surface area contributed by atoms with E-state index in [1.165, 1.54) is 18.3 Å². The Balaban J connectivity index is 2.72. The van der Waals surface area contributed by atoms with Crippen LogP contribution >= 0.6 is 0 Å². The molecule has 0 unspecified atom stereocenters. The number of benzene rings is 1. The van der Waals surface area contributed by atoms with E-state index in [-0.39, 0.29) is 5.69 Å². The number of nitrogens with zero attached hydrogens (tertiary/aromatic N) is 2. The van der Waals surface area contributed by atoms with E-state index in [1.54, 1.807) is 12.1 Å². The number of non-ortho nitro benzene ring substituents is 1. The van der Waals surface area contributed by atoms with E-state index in [1.807, 2.05) is 0 Å². The second kappa shape index (κ2) is 2.48. The zero-order chi connectivity index (χ0) is 9.42. The minimum Gasteiger partial charge on any atom is -0.428 e. The molecule has 5 heteroatoms. The quantitative estimate of drug-likeness (QED) is 0.411. The van der Waals surface area contributed by atoms with E-state index in [9.17, 15) is 15.3 Å². The van der Waals surface area contributed by atoms with E-state index in [0.717, 1.165) is 10.1 Å². The Hall–Kier alpha value is -2.04. The van der Waals surface area contributed by atoms with Gasteiger partial charge >= 0.3 is 0 Å². The Morgan fingerprint density at radius 3 is 2.85 bits per heavy atom. The Morgan fingerprint density at radius 1 is 1.38 bits per heavy atom. The van der Waals surface area contributed by atoms with Gasteiger partial charge in [0.2, 0.25) is 0 Å². The third kappa shape index (κ3) is 1.10. The van der Waals surface area contributed by atoms with E-state index in [0.29, 0.717) is 5.52 Å². The van der Waals surface area contributed by atoms with Crippen molar-refractivity contribution in [2.45, 2.75) is 0 Å². The highest BCUT2D eigenvalue weighted by molar-refractivity contribution is 5.81. The molecule has 0 fully saturated rings. The molecule has 1 aromatic heterocycles. The van der Waals surface area contributed by atoms with Gasteiger partial charge < -0.3 is 5.21 Å². The second-order valence-electron chi connectivity index (χ2n) is 2.66. The van der Waals surface area contributed by atoms with Crippen molar-refractivity contribution in [2.75, 3.05) is 0 Å².